The van der Waals surface area contributed by atoms with Crippen LogP contribution >= 0.6 is 0 Å². The number of aromatic nitrogens is 2. The number of nitrogens with zero attached hydrogens (tertiary/aromatic N) is 1. The molecule has 1 N–H and O–H groups in total. The summed E-state index contributed by atoms with van der Waals surface area (Å²) in [7, 11) is 0. The van der Waals surface area contributed by atoms with Crippen molar-refractivity contribution in [3.8, 4) is 0 Å². The number of aryl methyl sites for hydroxylation is 1. The molecule has 0 spiro atoms. The molecule has 0 saturated heterocycles. The van der Waals surface area contributed by atoms with Crippen molar-refractivity contribution in [2.24, 2.45) is 0 Å². The Balaban J connectivity index is 1.86. The third-order valence-electron chi connectivity index (χ3n) is 4.89. The van der Waals surface area contributed by atoms with E-state index in [-0.39, 0.29) is 34.2 Å². The summed E-state index contributed by atoms with van der Waals surface area (Å²) in [5.41, 5.74) is 2.85. The molecule has 24 heavy (non-hydrogen) atoms. The van der Waals surface area contributed by atoms with Gasteiger partial charge >= 0.3 is 0 Å². The van der Waals surface area contributed by atoms with Crippen molar-refractivity contribution >= 4 is 28.3 Å². The zero-order chi connectivity index (χ0) is 16.4. The minimum atomic E-state index is -0.287. The number of carbonyl (C=O) groups excluding carboxylic acids is 3. The fourth-order valence-electron chi connectivity index (χ4n) is 3.80. The second-order valence-electron chi connectivity index (χ2n) is 6.22. The molecular formula is C19H12N2O3. The number of rotatable bonds is 0. The molecule has 0 fully saturated rings. The van der Waals surface area contributed by atoms with Crippen LogP contribution in [0.1, 0.15) is 60.9 Å². The molecule has 2 heterocycles. The lowest BCUT2D eigenvalue weighted by Gasteiger charge is -2.21. The number of H-pyrrole nitrogens is 1. The maximum absolute atomic E-state index is 13.1. The first-order valence-electron chi connectivity index (χ1n) is 7.92. The molecule has 5 nitrogen and oxygen atoms in total. The highest BCUT2D eigenvalue weighted by molar-refractivity contribution is 6.34. The van der Waals surface area contributed by atoms with Crippen LogP contribution in [0.5, 0.6) is 0 Å². The highest BCUT2D eigenvalue weighted by atomic mass is 16.1. The molecule has 0 atom stereocenters. The van der Waals surface area contributed by atoms with Crippen LogP contribution in [0.15, 0.2) is 30.5 Å². The van der Waals surface area contributed by atoms with Crippen molar-refractivity contribution in [1.29, 1.82) is 0 Å². The van der Waals surface area contributed by atoms with E-state index in [1.165, 1.54) is 6.20 Å². The van der Waals surface area contributed by atoms with Crippen molar-refractivity contribution in [3.05, 3.63) is 64.1 Å². The van der Waals surface area contributed by atoms with Crippen LogP contribution < -0.4 is 0 Å². The Bertz CT molecular complexity index is 1090. The molecule has 1 aromatic carbocycles. The minimum Gasteiger partial charge on any atom is -0.351 e. The molecule has 2 aliphatic rings. The summed E-state index contributed by atoms with van der Waals surface area (Å²) in [6, 6.07) is 7.33. The standard InChI is InChI=1S/C19H12N2O3/c22-13-7-3-6-12-16(13)14-10(8-20-12)18(23)15-9-4-1-2-5-11(9)21-17(15)19(14)24/h1-2,4-5,8,21H,3,6-7H2. The number of Topliss-reactive ketones (excluding diaryl/α,β-unsaturated/α-hetero) is 1. The predicted molar refractivity (Wildman–Crippen MR) is 86.7 cm³/mol. The molecule has 5 heteroatoms. The van der Waals surface area contributed by atoms with Gasteiger partial charge in [0.15, 0.2) is 11.6 Å². The molecule has 2 aromatic heterocycles. The van der Waals surface area contributed by atoms with Crippen molar-refractivity contribution in [3.63, 3.8) is 0 Å². The van der Waals surface area contributed by atoms with Crippen LogP contribution in [0, 0.1) is 0 Å². The van der Waals surface area contributed by atoms with Crippen molar-refractivity contribution in [2.75, 3.05) is 0 Å². The number of fused-ring (bicyclic) bond motifs is 6. The molecule has 116 valence electrons. The van der Waals surface area contributed by atoms with Gasteiger partial charge < -0.3 is 4.98 Å². The summed E-state index contributed by atoms with van der Waals surface area (Å²) < 4.78 is 0. The first-order chi connectivity index (χ1) is 11.7. The highest BCUT2D eigenvalue weighted by Crippen LogP contribution is 2.36. The summed E-state index contributed by atoms with van der Waals surface area (Å²) in [5, 5.41) is 0.723. The summed E-state index contributed by atoms with van der Waals surface area (Å²) in [6.45, 7) is 0. The van der Waals surface area contributed by atoms with Gasteiger partial charge in [0.2, 0.25) is 5.78 Å². The van der Waals surface area contributed by atoms with Gasteiger partial charge in [0.25, 0.3) is 0 Å². The van der Waals surface area contributed by atoms with E-state index in [9.17, 15) is 14.4 Å². The lowest BCUT2D eigenvalue weighted by molar-refractivity contribution is 0.0947. The zero-order valence-electron chi connectivity index (χ0n) is 12.7. The quantitative estimate of drug-likeness (QED) is 0.541. The largest absolute Gasteiger partial charge is 0.351 e. The van der Waals surface area contributed by atoms with Crippen LogP contribution in [-0.2, 0) is 6.42 Å². The van der Waals surface area contributed by atoms with Gasteiger partial charge in [-0.05, 0) is 18.9 Å². The Hall–Kier alpha value is -3.08. The third-order valence-corrected chi connectivity index (χ3v) is 4.89. The second kappa shape index (κ2) is 4.47. The molecular weight excluding hydrogens is 304 g/mol. The van der Waals surface area contributed by atoms with E-state index in [1.807, 2.05) is 24.3 Å². The number of nitrogens with one attached hydrogen (secondary N) is 1. The average molecular weight is 316 g/mol. The molecule has 0 saturated carbocycles. The number of hydrogen-bond acceptors (Lipinski definition) is 4. The number of hydrogen-bond donors (Lipinski definition) is 1. The first kappa shape index (κ1) is 13.4. The number of para-hydroxylation sites is 1. The Morgan fingerprint density at radius 2 is 1.75 bits per heavy atom. The van der Waals surface area contributed by atoms with E-state index < -0.39 is 0 Å². The topological polar surface area (TPSA) is 79.9 Å². The van der Waals surface area contributed by atoms with E-state index in [1.54, 1.807) is 0 Å². The lowest BCUT2D eigenvalue weighted by Crippen LogP contribution is -2.27. The van der Waals surface area contributed by atoms with Gasteiger partial charge in [-0.1, -0.05) is 18.2 Å². The number of carbonyl (C=O) groups is 3. The van der Waals surface area contributed by atoms with Crippen LogP contribution in [0.2, 0.25) is 0 Å². The molecule has 0 amide bonds. The molecule has 5 rings (SSSR count). The molecule has 0 radical (unpaired) electrons. The van der Waals surface area contributed by atoms with Crippen molar-refractivity contribution < 1.29 is 14.4 Å². The van der Waals surface area contributed by atoms with Gasteiger partial charge in [-0.25, -0.2) is 0 Å². The van der Waals surface area contributed by atoms with Gasteiger partial charge in [-0.15, -0.1) is 0 Å². The highest BCUT2D eigenvalue weighted by Gasteiger charge is 2.38. The van der Waals surface area contributed by atoms with Crippen molar-refractivity contribution in [2.45, 2.75) is 19.3 Å². The van der Waals surface area contributed by atoms with E-state index in [4.69, 9.17) is 0 Å². The Morgan fingerprint density at radius 1 is 0.917 bits per heavy atom. The van der Waals surface area contributed by atoms with Crippen LogP contribution in [-0.4, -0.2) is 27.3 Å². The van der Waals surface area contributed by atoms with Gasteiger partial charge in [0, 0.05) is 29.1 Å². The number of pyridine rings is 1. The van der Waals surface area contributed by atoms with Crippen molar-refractivity contribution in [1.82, 2.24) is 9.97 Å². The second-order valence-corrected chi connectivity index (χ2v) is 6.22. The van der Waals surface area contributed by atoms with E-state index >= 15 is 0 Å². The minimum absolute atomic E-state index is 0.0960. The Kier molecular flexibility index (Phi) is 2.49. The monoisotopic (exact) mass is 316 g/mol. The van der Waals surface area contributed by atoms with Gasteiger partial charge in [0.05, 0.1) is 28.1 Å². The molecule has 2 aliphatic carbocycles. The maximum Gasteiger partial charge on any atom is 0.211 e. The molecule has 3 aromatic rings. The van der Waals surface area contributed by atoms with E-state index in [0.717, 1.165) is 17.3 Å². The Morgan fingerprint density at radius 3 is 2.62 bits per heavy atom. The van der Waals surface area contributed by atoms with E-state index in [0.29, 0.717) is 29.7 Å². The number of aromatic amines is 1. The lowest BCUT2D eigenvalue weighted by atomic mass is 9.81. The fraction of sp³-hybridized carbons (Fsp3) is 0.158. The SMILES string of the molecule is O=C1c2[nH]c3ccccc3c2C(=O)c2cnc3c(c21)C(=O)CCC3. The predicted octanol–water partition coefficient (Wildman–Crippen LogP) is 2.86. The summed E-state index contributed by atoms with van der Waals surface area (Å²) in [4.78, 5) is 45.8. The first-order valence-corrected chi connectivity index (χ1v) is 7.92. The summed E-state index contributed by atoms with van der Waals surface area (Å²) in [5.74, 6) is -0.628. The van der Waals surface area contributed by atoms with Gasteiger partial charge in [0.1, 0.15) is 0 Å². The third kappa shape index (κ3) is 1.53. The number of ketones is 3. The van der Waals surface area contributed by atoms with Gasteiger partial charge in [-0.3, -0.25) is 19.4 Å². The summed E-state index contributed by atoms with van der Waals surface area (Å²) in [6.07, 6.45) is 3.25. The fourth-order valence-corrected chi connectivity index (χ4v) is 3.80. The van der Waals surface area contributed by atoms with Crippen LogP contribution in [0.4, 0.5) is 0 Å². The normalized spacial score (nSPS) is 16.1. The van der Waals surface area contributed by atoms with E-state index in [2.05, 4.69) is 9.97 Å². The van der Waals surface area contributed by atoms with Crippen LogP contribution in [0.3, 0.4) is 0 Å². The molecule has 0 bridgehead atoms. The number of benzene rings is 1. The van der Waals surface area contributed by atoms with Crippen LogP contribution in [0.25, 0.3) is 10.9 Å². The molecule has 0 aliphatic heterocycles. The zero-order valence-corrected chi connectivity index (χ0v) is 12.7. The Labute approximate surface area is 136 Å². The van der Waals surface area contributed by atoms with Gasteiger partial charge in [-0.2, -0.15) is 0 Å². The average Bonchev–Trinajstić information content (AvgIpc) is 2.99. The smallest absolute Gasteiger partial charge is 0.211 e. The maximum atomic E-state index is 13.1. The summed E-state index contributed by atoms with van der Waals surface area (Å²) >= 11 is 0. The molecule has 0 unspecified atom stereocenters.